The molecule has 4 aromatic rings. The minimum Gasteiger partial charge on any atom is -0.468 e. The van der Waals surface area contributed by atoms with Crippen LogP contribution in [0.25, 0.3) is 17.0 Å². The van der Waals surface area contributed by atoms with Gasteiger partial charge in [0.05, 0.1) is 6.20 Å². The first-order chi connectivity index (χ1) is 11.6. The van der Waals surface area contributed by atoms with Crippen molar-refractivity contribution in [3.8, 4) is 17.4 Å². The van der Waals surface area contributed by atoms with Gasteiger partial charge in [0.25, 0.3) is 0 Å². The Kier molecular flexibility index (Phi) is 3.49. The summed E-state index contributed by atoms with van der Waals surface area (Å²) in [6, 6.07) is 1.76. The Morgan fingerprint density at radius 2 is 2.25 bits per heavy atom. The van der Waals surface area contributed by atoms with Crippen LogP contribution < -0.4 is 4.74 Å². The third-order valence-electron chi connectivity index (χ3n) is 3.36. The first kappa shape index (κ1) is 14.8. The van der Waals surface area contributed by atoms with Gasteiger partial charge in [-0.25, -0.2) is 9.50 Å². The average Bonchev–Trinajstić information content (AvgIpc) is 3.26. The molecule has 0 bridgehead atoms. The van der Waals surface area contributed by atoms with Crippen molar-refractivity contribution in [2.24, 2.45) is 7.05 Å². The molecule has 0 atom stereocenters. The van der Waals surface area contributed by atoms with Gasteiger partial charge in [0, 0.05) is 13.1 Å². The molecule has 4 aromatic heterocycles. The number of rotatable bonds is 4. The molecular weight excluding hydrogens is 380 g/mol. The number of ether oxygens (including phenoxy) is 1. The van der Waals surface area contributed by atoms with Gasteiger partial charge in [0.2, 0.25) is 11.7 Å². The zero-order valence-corrected chi connectivity index (χ0v) is 14.3. The van der Waals surface area contributed by atoms with E-state index in [-0.39, 0.29) is 6.61 Å². The fraction of sp³-hybridized carbons (Fsp3) is 0.231. The maximum absolute atomic E-state index is 5.74. The molecule has 0 aliphatic heterocycles. The lowest BCUT2D eigenvalue weighted by atomic mass is 10.3. The van der Waals surface area contributed by atoms with Gasteiger partial charge in [0.1, 0.15) is 28.7 Å². The van der Waals surface area contributed by atoms with E-state index in [1.54, 1.807) is 35.4 Å². The summed E-state index contributed by atoms with van der Waals surface area (Å²) in [5.41, 5.74) is 1.24. The summed E-state index contributed by atoms with van der Waals surface area (Å²) in [5, 5.41) is 20.5. The van der Waals surface area contributed by atoms with Crippen LogP contribution in [0.5, 0.6) is 5.88 Å². The smallest absolute Gasteiger partial charge is 0.248 e. The Morgan fingerprint density at radius 3 is 2.96 bits per heavy atom. The molecule has 0 N–H and O–H groups in total. The highest BCUT2D eigenvalue weighted by molar-refractivity contribution is 9.10. The predicted octanol–water partition coefficient (Wildman–Crippen LogP) is 1.56. The monoisotopic (exact) mass is 390 g/mol. The van der Waals surface area contributed by atoms with Crippen LogP contribution in [-0.2, 0) is 13.7 Å². The van der Waals surface area contributed by atoms with Gasteiger partial charge in [-0.2, -0.15) is 10.2 Å². The van der Waals surface area contributed by atoms with Crippen molar-refractivity contribution in [2.75, 3.05) is 0 Å². The maximum Gasteiger partial charge on any atom is 0.248 e. The van der Waals surface area contributed by atoms with Gasteiger partial charge in [-0.3, -0.25) is 4.68 Å². The molecule has 0 saturated heterocycles. The number of hydrogen-bond acceptors (Lipinski definition) is 8. The lowest BCUT2D eigenvalue weighted by molar-refractivity contribution is 0.275. The lowest BCUT2D eigenvalue weighted by Gasteiger charge is -2.02. The number of halogens is 1. The number of aryl methyl sites for hydroxylation is 2. The topological polar surface area (TPSA) is 109 Å². The quantitative estimate of drug-likeness (QED) is 0.516. The van der Waals surface area contributed by atoms with Crippen LogP contribution in [-0.4, -0.2) is 39.7 Å². The van der Waals surface area contributed by atoms with Gasteiger partial charge < -0.3 is 9.26 Å². The summed E-state index contributed by atoms with van der Waals surface area (Å²) in [6.07, 6.45) is 3.05. The molecule has 4 rings (SSSR count). The molecule has 11 heteroatoms. The largest absolute Gasteiger partial charge is 0.468 e. The van der Waals surface area contributed by atoms with Crippen molar-refractivity contribution in [3.05, 3.63) is 34.6 Å². The molecule has 0 saturated carbocycles. The fourth-order valence-electron chi connectivity index (χ4n) is 2.15. The molecule has 4 heterocycles. The molecule has 0 radical (unpaired) electrons. The van der Waals surface area contributed by atoms with Crippen LogP contribution >= 0.6 is 15.9 Å². The summed E-state index contributed by atoms with van der Waals surface area (Å²) in [7, 11) is 1.79. The minimum absolute atomic E-state index is 0.234. The normalized spacial score (nSPS) is 11.3. The molecular formula is C13H11BrN8O2. The van der Waals surface area contributed by atoms with Gasteiger partial charge in [-0.05, 0) is 22.9 Å². The second-order valence-electron chi connectivity index (χ2n) is 5.00. The summed E-state index contributed by atoms with van der Waals surface area (Å²) in [4.78, 5) is 4.11. The first-order valence-corrected chi connectivity index (χ1v) is 7.72. The van der Waals surface area contributed by atoms with E-state index in [1.165, 1.54) is 6.33 Å². The highest BCUT2D eigenvalue weighted by Crippen LogP contribution is 2.30. The van der Waals surface area contributed by atoms with Crippen LogP contribution in [0, 0.1) is 6.92 Å². The minimum atomic E-state index is 0.234. The maximum atomic E-state index is 5.74. The van der Waals surface area contributed by atoms with E-state index in [0.717, 1.165) is 0 Å². The predicted molar refractivity (Wildman–Crippen MR) is 84.1 cm³/mol. The van der Waals surface area contributed by atoms with Crippen LogP contribution in [0.2, 0.25) is 0 Å². The summed E-state index contributed by atoms with van der Waals surface area (Å²) < 4.78 is 14.7. The Morgan fingerprint density at radius 1 is 1.38 bits per heavy atom. The fourth-order valence-corrected chi connectivity index (χ4v) is 2.62. The number of fused-ring (bicyclic) bond motifs is 1. The summed E-state index contributed by atoms with van der Waals surface area (Å²) in [6.45, 7) is 2.04. The van der Waals surface area contributed by atoms with E-state index in [4.69, 9.17) is 9.26 Å². The number of nitrogens with zero attached hydrogens (tertiary/aromatic N) is 8. The third-order valence-corrected chi connectivity index (χ3v) is 4.11. The van der Waals surface area contributed by atoms with Crippen molar-refractivity contribution < 1.29 is 9.26 Å². The molecule has 0 unspecified atom stereocenters. The molecule has 0 fully saturated rings. The Balaban J connectivity index is 1.73. The van der Waals surface area contributed by atoms with Crippen molar-refractivity contribution in [3.63, 3.8) is 0 Å². The van der Waals surface area contributed by atoms with E-state index in [9.17, 15) is 0 Å². The highest BCUT2D eigenvalue weighted by atomic mass is 79.9. The molecule has 0 aliphatic carbocycles. The van der Waals surface area contributed by atoms with Gasteiger partial charge in [-0.15, -0.1) is 10.2 Å². The van der Waals surface area contributed by atoms with Gasteiger partial charge >= 0.3 is 0 Å². The SMILES string of the molecule is Cc1cc(-c2nncc3c(Br)c(OCc4ncnn4C)nn23)no1. The second-order valence-corrected chi connectivity index (χ2v) is 5.79. The average molecular weight is 391 g/mol. The third kappa shape index (κ3) is 2.42. The van der Waals surface area contributed by atoms with Gasteiger partial charge in [-0.1, -0.05) is 5.16 Å². The van der Waals surface area contributed by atoms with Crippen molar-refractivity contribution in [1.82, 2.24) is 39.7 Å². The van der Waals surface area contributed by atoms with Crippen molar-refractivity contribution >= 4 is 21.4 Å². The molecule has 0 amide bonds. The molecule has 10 nitrogen and oxygen atoms in total. The first-order valence-electron chi connectivity index (χ1n) is 6.93. The van der Waals surface area contributed by atoms with E-state index < -0.39 is 0 Å². The highest BCUT2D eigenvalue weighted by Gasteiger charge is 2.18. The summed E-state index contributed by atoms with van der Waals surface area (Å²) >= 11 is 3.48. The molecule has 24 heavy (non-hydrogen) atoms. The molecule has 0 aromatic carbocycles. The van der Waals surface area contributed by atoms with E-state index >= 15 is 0 Å². The zero-order chi connectivity index (χ0) is 16.7. The second kappa shape index (κ2) is 5.67. The molecule has 122 valence electrons. The molecule has 0 aliphatic rings. The van der Waals surface area contributed by atoms with Crippen molar-refractivity contribution in [2.45, 2.75) is 13.5 Å². The van der Waals surface area contributed by atoms with E-state index in [1.807, 2.05) is 0 Å². The van der Waals surface area contributed by atoms with Crippen LogP contribution in [0.3, 0.4) is 0 Å². The van der Waals surface area contributed by atoms with Crippen molar-refractivity contribution in [1.29, 1.82) is 0 Å². The standard InChI is InChI=1S/C13H11BrN8O2/c1-7-3-8(20-24-7)12-18-16-4-9-11(14)13(19-22(9)12)23-5-10-15-6-17-21(10)2/h3-4,6H,5H2,1-2H3. The lowest BCUT2D eigenvalue weighted by Crippen LogP contribution is -2.05. The van der Waals surface area contributed by atoms with E-state index in [0.29, 0.717) is 39.0 Å². The van der Waals surface area contributed by atoms with Crippen LogP contribution in [0.1, 0.15) is 11.6 Å². The zero-order valence-electron chi connectivity index (χ0n) is 12.7. The van der Waals surface area contributed by atoms with E-state index in [2.05, 4.69) is 46.5 Å². The number of aromatic nitrogens is 8. The summed E-state index contributed by atoms with van der Waals surface area (Å²) in [5.74, 6) is 2.21. The van der Waals surface area contributed by atoms with Crippen LogP contribution in [0.4, 0.5) is 0 Å². The van der Waals surface area contributed by atoms with Crippen LogP contribution in [0.15, 0.2) is 27.6 Å². The Bertz CT molecular complexity index is 1020. The number of hydrogen-bond donors (Lipinski definition) is 0. The Hall–Kier alpha value is -2.82. The Labute approximate surface area is 143 Å². The van der Waals surface area contributed by atoms with Gasteiger partial charge in [0.15, 0.2) is 11.5 Å². The molecule has 0 spiro atoms.